The molecule has 0 saturated carbocycles. The van der Waals surface area contributed by atoms with Crippen LogP contribution in [0, 0.1) is 23.2 Å². The third-order valence-corrected chi connectivity index (χ3v) is 6.10. The summed E-state index contributed by atoms with van der Waals surface area (Å²) >= 11 is 1.36. The standard InChI is InChI=1S/C23H19N9OS/c1-23(33,21-26-9-12-34-21)6-3-17-14-20-31(10-2-11-32(20)30-17)19-5-8-27-22(29-19)28-18-13-16(15-24)4-7-25-18/h4-5,7-9,12-14,33H,2,10-11H2,1H3,(H,25,27,28,29). The fraction of sp³-hybridized carbons (Fsp3) is 0.217. The number of pyridine rings is 1. The van der Waals surface area contributed by atoms with Crippen LogP contribution in [0.4, 0.5) is 23.4 Å². The number of fused-ring (bicyclic) bond motifs is 1. The van der Waals surface area contributed by atoms with Crippen molar-refractivity contribution in [1.29, 1.82) is 5.26 Å². The summed E-state index contributed by atoms with van der Waals surface area (Å²) in [6, 6.07) is 9.07. The number of anilines is 4. The monoisotopic (exact) mass is 469 g/mol. The van der Waals surface area contributed by atoms with E-state index in [1.807, 2.05) is 21.7 Å². The van der Waals surface area contributed by atoms with E-state index in [1.54, 1.807) is 43.0 Å². The molecule has 0 aromatic carbocycles. The van der Waals surface area contributed by atoms with Crippen LogP contribution in [0.15, 0.2) is 48.2 Å². The molecule has 10 nitrogen and oxygen atoms in total. The lowest BCUT2D eigenvalue weighted by atomic mass is 10.1. The van der Waals surface area contributed by atoms with Crippen molar-refractivity contribution in [3.63, 3.8) is 0 Å². The quantitative estimate of drug-likeness (QED) is 0.433. The van der Waals surface area contributed by atoms with E-state index in [0.717, 1.165) is 25.3 Å². The molecule has 168 valence electrons. The molecule has 1 aliphatic rings. The first-order valence-electron chi connectivity index (χ1n) is 10.5. The molecule has 0 bridgehead atoms. The van der Waals surface area contributed by atoms with E-state index >= 15 is 0 Å². The molecule has 2 N–H and O–H groups in total. The van der Waals surface area contributed by atoms with E-state index in [2.05, 4.69) is 48.3 Å². The molecule has 1 aliphatic heterocycles. The van der Waals surface area contributed by atoms with Gasteiger partial charge in [0, 0.05) is 43.1 Å². The second-order valence-corrected chi connectivity index (χ2v) is 8.58. The van der Waals surface area contributed by atoms with Crippen molar-refractivity contribution in [3.8, 4) is 17.9 Å². The van der Waals surface area contributed by atoms with Crippen LogP contribution < -0.4 is 10.2 Å². The van der Waals surface area contributed by atoms with Gasteiger partial charge in [-0.2, -0.15) is 15.3 Å². The number of nitrogens with zero attached hydrogens (tertiary/aromatic N) is 8. The average molecular weight is 470 g/mol. The van der Waals surface area contributed by atoms with Crippen LogP contribution >= 0.6 is 11.3 Å². The molecule has 5 rings (SSSR count). The maximum Gasteiger partial charge on any atom is 0.230 e. The van der Waals surface area contributed by atoms with Crippen LogP contribution in [0.5, 0.6) is 0 Å². The molecular formula is C23H19N9OS. The van der Waals surface area contributed by atoms with Gasteiger partial charge in [-0.1, -0.05) is 5.92 Å². The zero-order valence-corrected chi connectivity index (χ0v) is 19.0. The molecule has 0 spiro atoms. The lowest BCUT2D eigenvalue weighted by molar-refractivity contribution is 0.122. The number of rotatable bonds is 4. The van der Waals surface area contributed by atoms with Crippen molar-refractivity contribution in [2.45, 2.75) is 25.5 Å². The van der Waals surface area contributed by atoms with Gasteiger partial charge < -0.3 is 15.3 Å². The topological polar surface area (TPSA) is 129 Å². The number of hydrogen-bond acceptors (Lipinski definition) is 10. The van der Waals surface area contributed by atoms with E-state index in [-0.39, 0.29) is 0 Å². The van der Waals surface area contributed by atoms with Gasteiger partial charge in [0.25, 0.3) is 0 Å². The number of nitrogens with one attached hydrogen (secondary N) is 1. The average Bonchev–Trinajstić information content (AvgIpc) is 3.53. The molecule has 4 aromatic rings. The number of nitriles is 1. The summed E-state index contributed by atoms with van der Waals surface area (Å²) in [5, 5.41) is 29.7. The third kappa shape index (κ3) is 4.43. The van der Waals surface area contributed by atoms with Crippen LogP contribution in [0.3, 0.4) is 0 Å². The van der Waals surface area contributed by atoms with Crippen molar-refractivity contribution in [1.82, 2.24) is 29.7 Å². The SMILES string of the molecule is CC(O)(C#Cc1cc2n(n1)CCCN2c1ccnc(Nc2cc(C#N)ccn2)n1)c1nccs1. The highest BCUT2D eigenvalue weighted by atomic mass is 32.1. The Morgan fingerprint density at radius 2 is 2.03 bits per heavy atom. The van der Waals surface area contributed by atoms with Crippen LogP contribution in [-0.4, -0.2) is 41.4 Å². The molecule has 0 saturated heterocycles. The summed E-state index contributed by atoms with van der Waals surface area (Å²) < 4.78 is 1.89. The minimum Gasteiger partial charge on any atom is -0.371 e. The van der Waals surface area contributed by atoms with Crippen LogP contribution in [0.1, 0.15) is 29.6 Å². The summed E-state index contributed by atoms with van der Waals surface area (Å²) in [6.07, 6.45) is 5.75. The van der Waals surface area contributed by atoms with Gasteiger partial charge in [-0.05, 0) is 37.5 Å². The van der Waals surface area contributed by atoms with Gasteiger partial charge in [0.05, 0.1) is 11.6 Å². The second-order valence-electron chi connectivity index (χ2n) is 7.68. The van der Waals surface area contributed by atoms with Crippen molar-refractivity contribution in [2.24, 2.45) is 0 Å². The fourth-order valence-corrected chi connectivity index (χ4v) is 4.17. The van der Waals surface area contributed by atoms with Crippen molar-refractivity contribution in [2.75, 3.05) is 16.8 Å². The van der Waals surface area contributed by atoms with Crippen LogP contribution in [0.2, 0.25) is 0 Å². The lowest BCUT2D eigenvalue weighted by Gasteiger charge is -2.28. The summed E-state index contributed by atoms with van der Waals surface area (Å²) in [6.45, 7) is 3.14. The highest BCUT2D eigenvalue weighted by Crippen LogP contribution is 2.29. The van der Waals surface area contributed by atoms with E-state index in [4.69, 9.17) is 5.26 Å². The maximum absolute atomic E-state index is 10.6. The number of hydrogen-bond donors (Lipinski definition) is 2. The molecule has 1 atom stereocenters. The molecule has 4 aromatic heterocycles. The van der Waals surface area contributed by atoms with Gasteiger partial charge in [-0.25, -0.2) is 19.6 Å². The lowest BCUT2D eigenvalue weighted by Crippen LogP contribution is -2.28. The van der Waals surface area contributed by atoms with Gasteiger partial charge in [0.2, 0.25) is 5.95 Å². The van der Waals surface area contributed by atoms with Crippen LogP contribution in [0.25, 0.3) is 0 Å². The Balaban J connectivity index is 1.40. The second kappa shape index (κ2) is 8.90. The Bertz CT molecular complexity index is 1430. The maximum atomic E-state index is 10.6. The molecule has 0 aliphatic carbocycles. The minimum atomic E-state index is -1.35. The first-order valence-corrected chi connectivity index (χ1v) is 11.4. The van der Waals surface area contributed by atoms with E-state index in [9.17, 15) is 5.11 Å². The van der Waals surface area contributed by atoms with Crippen molar-refractivity contribution >= 4 is 34.7 Å². The minimum absolute atomic E-state index is 0.372. The molecule has 1 unspecified atom stereocenters. The van der Waals surface area contributed by atoms with Gasteiger partial charge in [0.15, 0.2) is 5.60 Å². The Kier molecular flexibility index (Phi) is 5.64. The molecule has 0 amide bonds. The molecule has 0 fully saturated rings. The Morgan fingerprint density at radius 3 is 2.85 bits per heavy atom. The van der Waals surface area contributed by atoms with Crippen molar-refractivity contribution in [3.05, 3.63) is 64.5 Å². The molecule has 0 radical (unpaired) electrons. The highest BCUT2D eigenvalue weighted by molar-refractivity contribution is 7.09. The summed E-state index contributed by atoms with van der Waals surface area (Å²) in [5.41, 5.74) is -0.290. The molecule has 11 heteroatoms. The molecule has 34 heavy (non-hydrogen) atoms. The van der Waals surface area contributed by atoms with E-state index < -0.39 is 5.60 Å². The Labute approximate surface area is 199 Å². The first kappa shape index (κ1) is 21.5. The fourth-order valence-electron chi connectivity index (χ4n) is 3.52. The predicted molar refractivity (Wildman–Crippen MR) is 127 cm³/mol. The summed E-state index contributed by atoms with van der Waals surface area (Å²) in [5.74, 6) is 8.29. The third-order valence-electron chi connectivity index (χ3n) is 5.12. The molecular weight excluding hydrogens is 450 g/mol. The Hall–Kier alpha value is -4.32. The van der Waals surface area contributed by atoms with Gasteiger partial charge in [0.1, 0.15) is 28.2 Å². The zero-order valence-electron chi connectivity index (χ0n) is 18.2. The number of thiazole rings is 1. The summed E-state index contributed by atoms with van der Waals surface area (Å²) in [4.78, 5) is 19.3. The van der Waals surface area contributed by atoms with Crippen LogP contribution in [-0.2, 0) is 12.1 Å². The van der Waals surface area contributed by atoms with Crippen molar-refractivity contribution < 1.29 is 5.11 Å². The number of aromatic nitrogens is 6. The number of aryl methyl sites for hydroxylation is 1. The number of aliphatic hydroxyl groups is 1. The summed E-state index contributed by atoms with van der Waals surface area (Å²) in [7, 11) is 0. The largest absolute Gasteiger partial charge is 0.371 e. The zero-order chi connectivity index (χ0) is 23.5. The van der Waals surface area contributed by atoms with Gasteiger partial charge in [-0.15, -0.1) is 11.3 Å². The highest BCUT2D eigenvalue weighted by Gasteiger charge is 2.24. The Morgan fingerprint density at radius 1 is 1.15 bits per heavy atom. The van der Waals surface area contributed by atoms with Gasteiger partial charge in [-0.3, -0.25) is 0 Å². The molecule has 5 heterocycles. The first-order chi connectivity index (χ1) is 16.5. The van der Waals surface area contributed by atoms with Gasteiger partial charge >= 0.3 is 0 Å². The van der Waals surface area contributed by atoms with E-state index in [1.165, 1.54) is 11.3 Å². The van der Waals surface area contributed by atoms with E-state index in [0.29, 0.717) is 33.8 Å². The smallest absolute Gasteiger partial charge is 0.230 e. The predicted octanol–water partition coefficient (Wildman–Crippen LogP) is 2.94. The normalized spacial score (nSPS) is 14.3.